The number of aryl methyl sites for hydroxylation is 1. The van der Waals surface area contributed by atoms with Crippen LogP contribution in [0.15, 0.2) is 30.0 Å². The van der Waals surface area contributed by atoms with Gasteiger partial charge in [-0.3, -0.25) is 4.79 Å². The average Bonchev–Trinajstić information content (AvgIpc) is 3.28. The van der Waals surface area contributed by atoms with Gasteiger partial charge >= 0.3 is 0 Å². The highest BCUT2D eigenvalue weighted by atomic mass is 19.1. The second-order valence-corrected chi connectivity index (χ2v) is 7.99. The predicted molar refractivity (Wildman–Crippen MR) is 92.3 cm³/mol. The lowest BCUT2D eigenvalue weighted by Gasteiger charge is -2.38. The summed E-state index contributed by atoms with van der Waals surface area (Å²) in [6.07, 6.45) is 6.27. The predicted octanol–water partition coefficient (Wildman–Crippen LogP) is 4.33. The molecule has 1 aliphatic heterocycles. The van der Waals surface area contributed by atoms with Crippen LogP contribution < -0.4 is 0 Å². The second-order valence-electron chi connectivity index (χ2n) is 7.99. The van der Waals surface area contributed by atoms with Gasteiger partial charge in [0.15, 0.2) is 12.6 Å². The highest BCUT2D eigenvalue weighted by molar-refractivity contribution is 5.93. The Bertz CT molecular complexity index is 722. The Kier molecular flexibility index (Phi) is 4.19. The quantitative estimate of drug-likeness (QED) is 0.797. The van der Waals surface area contributed by atoms with Crippen LogP contribution in [0.2, 0.25) is 0 Å². The van der Waals surface area contributed by atoms with E-state index in [1.54, 1.807) is 12.1 Å². The molecule has 4 heteroatoms. The Balaban J connectivity index is 1.59. The van der Waals surface area contributed by atoms with Gasteiger partial charge in [0.05, 0.1) is 0 Å². The summed E-state index contributed by atoms with van der Waals surface area (Å²) < 4.78 is 26.0. The number of ether oxygens (including phenoxy) is 2. The summed E-state index contributed by atoms with van der Waals surface area (Å²) in [5.74, 6) is 1.36. The van der Waals surface area contributed by atoms with Gasteiger partial charge in [0.2, 0.25) is 0 Å². The number of ketones is 1. The van der Waals surface area contributed by atoms with Crippen LogP contribution in [-0.2, 0) is 20.7 Å². The molecule has 0 N–H and O–H groups in total. The molecule has 0 amide bonds. The molecule has 0 spiro atoms. The standard InChI is InChI=1S/C21H25FO3/c1-13-3-6-16(18(22)7-13)8-14(2)21-11-17(9-15-4-5-15)19(23)10-20(21)24-12-25-21/h3,6-7,10,14-15,17H,4-5,8-9,11-12H2,1-2H3/t14-,17-,21+/m0/s1. The number of carbonyl (C=O) groups is 1. The number of hydrogen-bond acceptors (Lipinski definition) is 3. The first-order valence-electron chi connectivity index (χ1n) is 9.26. The average molecular weight is 344 g/mol. The maximum Gasteiger partial charge on any atom is 0.189 e. The Morgan fingerprint density at radius 2 is 2.16 bits per heavy atom. The van der Waals surface area contributed by atoms with Crippen molar-refractivity contribution in [2.45, 2.75) is 51.6 Å². The van der Waals surface area contributed by atoms with Crippen LogP contribution in [0.1, 0.15) is 43.7 Å². The fourth-order valence-electron chi connectivity index (χ4n) is 4.28. The minimum atomic E-state index is -0.592. The number of hydrogen-bond donors (Lipinski definition) is 0. The molecule has 3 atom stereocenters. The van der Waals surface area contributed by atoms with Crippen LogP contribution in [0, 0.1) is 30.5 Å². The molecule has 1 saturated heterocycles. The van der Waals surface area contributed by atoms with Crippen molar-refractivity contribution >= 4 is 5.78 Å². The summed E-state index contributed by atoms with van der Waals surface area (Å²) in [6.45, 7) is 4.14. The van der Waals surface area contributed by atoms with Gasteiger partial charge in [-0.2, -0.15) is 0 Å². The summed E-state index contributed by atoms with van der Waals surface area (Å²) in [4.78, 5) is 12.4. The van der Waals surface area contributed by atoms with Crippen molar-refractivity contribution in [3.63, 3.8) is 0 Å². The molecule has 2 aliphatic carbocycles. The largest absolute Gasteiger partial charge is 0.469 e. The summed E-state index contributed by atoms with van der Waals surface area (Å²) in [7, 11) is 0. The third-order valence-corrected chi connectivity index (χ3v) is 6.02. The topological polar surface area (TPSA) is 35.5 Å². The molecule has 4 rings (SSSR count). The van der Waals surface area contributed by atoms with Crippen molar-refractivity contribution in [2.75, 3.05) is 6.79 Å². The van der Waals surface area contributed by atoms with E-state index < -0.39 is 5.60 Å². The summed E-state index contributed by atoms with van der Waals surface area (Å²) in [6, 6.07) is 5.36. The molecule has 134 valence electrons. The monoisotopic (exact) mass is 344 g/mol. The molecule has 0 bridgehead atoms. The van der Waals surface area contributed by atoms with E-state index in [0.717, 1.165) is 12.0 Å². The molecule has 1 aromatic carbocycles. The molecule has 1 aromatic rings. The lowest BCUT2D eigenvalue weighted by atomic mass is 9.71. The maximum atomic E-state index is 14.3. The van der Waals surface area contributed by atoms with Crippen LogP contribution in [0.5, 0.6) is 0 Å². The number of allylic oxidation sites excluding steroid dienone is 1. The molecule has 2 fully saturated rings. The van der Waals surface area contributed by atoms with E-state index in [4.69, 9.17) is 9.47 Å². The lowest BCUT2D eigenvalue weighted by molar-refractivity contribution is -0.124. The molecule has 3 nitrogen and oxygen atoms in total. The van der Waals surface area contributed by atoms with Crippen LogP contribution in [0.25, 0.3) is 0 Å². The third kappa shape index (κ3) is 3.12. The fourth-order valence-corrected chi connectivity index (χ4v) is 4.28. The molecule has 3 aliphatic rings. The van der Waals surface area contributed by atoms with E-state index in [2.05, 4.69) is 6.92 Å². The van der Waals surface area contributed by atoms with Gasteiger partial charge in [-0.05, 0) is 55.2 Å². The zero-order valence-corrected chi connectivity index (χ0v) is 14.9. The highest BCUT2D eigenvalue weighted by Gasteiger charge is 2.52. The molecule has 1 saturated carbocycles. The Labute approximate surface area is 148 Å². The fraction of sp³-hybridized carbons (Fsp3) is 0.571. The Hall–Kier alpha value is -1.68. The first-order valence-corrected chi connectivity index (χ1v) is 9.26. The Morgan fingerprint density at radius 1 is 1.36 bits per heavy atom. The number of carbonyl (C=O) groups excluding carboxylic acids is 1. The van der Waals surface area contributed by atoms with Crippen molar-refractivity contribution in [1.29, 1.82) is 0 Å². The number of fused-ring (bicyclic) bond motifs is 1. The molecule has 0 unspecified atom stereocenters. The number of halogens is 1. The lowest BCUT2D eigenvalue weighted by Crippen LogP contribution is -2.45. The van der Waals surface area contributed by atoms with Crippen LogP contribution in [0.4, 0.5) is 4.39 Å². The summed E-state index contributed by atoms with van der Waals surface area (Å²) in [5.41, 5.74) is 1.02. The smallest absolute Gasteiger partial charge is 0.189 e. The van der Waals surface area contributed by atoms with Gasteiger partial charge in [0.1, 0.15) is 17.2 Å². The van der Waals surface area contributed by atoms with Crippen molar-refractivity contribution in [1.82, 2.24) is 0 Å². The second kappa shape index (κ2) is 6.24. The molecular weight excluding hydrogens is 319 g/mol. The van der Waals surface area contributed by atoms with E-state index in [-0.39, 0.29) is 30.2 Å². The maximum absolute atomic E-state index is 14.3. The van der Waals surface area contributed by atoms with Crippen LogP contribution >= 0.6 is 0 Å². The highest BCUT2D eigenvalue weighted by Crippen LogP contribution is 2.48. The van der Waals surface area contributed by atoms with Gasteiger partial charge in [0.25, 0.3) is 0 Å². The van der Waals surface area contributed by atoms with Crippen molar-refractivity contribution < 1.29 is 18.7 Å². The minimum Gasteiger partial charge on any atom is -0.469 e. The SMILES string of the molecule is Cc1ccc(C[C@H](C)[C@]23C[C@H](CC4CC4)C(=O)C=C2OCO3)c(F)c1. The van der Waals surface area contributed by atoms with Gasteiger partial charge in [0, 0.05) is 12.0 Å². The minimum absolute atomic E-state index is 0.00302. The van der Waals surface area contributed by atoms with E-state index in [9.17, 15) is 9.18 Å². The van der Waals surface area contributed by atoms with Crippen molar-refractivity contribution in [3.8, 4) is 0 Å². The number of benzene rings is 1. The van der Waals surface area contributed by atoms with E-state index in [1.165, 1.54) is 12.8 Å². The Morgan fingerprint density at radius 3 is 2.88 bits per heavy atom. The third-order valence-electron chi connectivity index (χ3n) is 6.02. The first kappa shape index (κ1) is 16.8. The molecular formula is C21H25FO3. The number of rotatable bonds is 5. The molecule has 1 heterocycles. The summed E-state index contributed by atoms with van der Waals surface area (Å²) in [5, 5.41) is 0. The van der Waals surface area contributed by atoms with E-state index >= 15 is 0 Å². The van der Waals surface area contributed by atoms with Gasteiger partial charge in [-0.15, -0.1) is 0 Å². The van der Waals surface area contributed by atoms with E-state index in [1.807, 2.05) is 19.1 Å². The van der Waals surface area contributed by atoms with Crippen LogP contribution in [0.3, 0.4) is 0 Å². The van der Waals surface area contributed by atoms with Crippen LogP contribution in [-0.4, -0.2) is 18.2 Å². The zero-order chi connectivity index (χ0) is 17.6. The molecule has 0 radical (unpaired) electrons. The molecule has 0 aromatic heterocycles. The van der Waals surface area contributed by atoms with E-state index in [0.29, 0.717) is 30.1 Å². The first-order chi connectivity index (χ1) is 12.0. The van der Waals surface area contributed by atoms with Gasteiger partial charge in [-0.1, -0.05) is 31.9 Å². The zero-order valence-electron chi connectivity index (χ0n) is 14.9. The molecule has 25 heavy (non-hydrogen) atoms. The van der Waals surface area contributed by atoms with Gasteiger partial charge in [-0.25, -0.2) is 4.39 Å². The summed E-state index contributed by atoms with van der Waals surface area (Å²) >= 11 is 0. The van der Waals surface area contributed by atoms with Gasteiger partial charge < -0.3 is 9.47 Å². The normalized spacial score (nSPS) is 29.8. The van der Waals surface area contributed by atoms with Crippen molar-refractivity contribution in [3.05, 3.63) is 47.0 Å². The van der Waals surface area contributed by atoms with Crippen molar-refractivity contribution in [2.24, 2.45) is 17.8 Å².